The van der Waals surface area contributed by atoms with Crippen LogP contribution in [0.3, 0.4) is 0 Å². The molecule has 0 unspecified atom stereocenters. The van der Waals surface area contributed by atoms with Crippen LogP contribution in [0.1, 0.15) is 32.3 Å². The topological polar surface area (TPSA) is 89.3 Å². The Morgan fingerprint density at radius 3 is 2.55 bits per heavy atom. The van der Waals surface area contributed by atoms with Crippen LogP contribution in [-0.4, -0.2) is 25.3 Å². The fourth-order valence-electron chi connectivity index (χ4n) is 1.71. The van der Waals surface area contributed by atoms with Gasteiger partial charge in [0.1, 0.15) is 0 Å². The van der Waals surface area contributed by atoms with E-state index < -0.39 is 15.1 Å². The SMILES string of the molecule is Cc1cc(N)ccc1NC(=O)CCCS(=O)(=O)C(C)C. The maximum absolute atomic E-state index is 11.8. The molecule has 0 fully saturated rings. The molecular weight excluding hydrogens is 276 g/mol. The van der Waals surface area contributed by atoms with E-state index in [1.165, 1.54) is 0 Å². The number of rotatable bonds is 6. The minimum atomic E-state index is -3.08. The van der Waals surface area contributed by atoms with Gasteiger partial charge in [0.15, 0.2) is 9.84 Å². The zero-order valence-corrected chi connectivity index (χ0v) is 13.0. The second kappa shape index (κ2) is 6.74. The minimum absolute atomic E-state index is 0.0405. The Morgan fingerprint density at radius 2 is 2.00 bits per heavy atom. The van der Waals surface area contributed by atoms with E-state index in [2.05, 4.69) is 5.32 Å². The molecule has 20 heavy (non-hydrogen) atoms. The average Bonchev–Trinajstić information content (AvgIpc) is 2.32. The van der Waals surface area contributed by atoms with Gasteiger partial charge in [-0.2, -0.15) is 0 Å². The molecule has 0 aromatic heterocycles. The molecule has 6 heteroatoms. The van der Waals surface area contributed by atoms with Crippen molar-refractivity contribution in [2.45, 2.75) is 38.9 Å². The molecule has 0 atom stereocenters. The summed E-state index contributed by atoms with van der Waals surface area (Å²) in [4.78, 5) is 11.8. The van der Waals surface area contributed by atoms with Gasteiger partial charge in [-0.3, -0.25) is 4.79 Å². The van der Waals surface area contributed by atoms with Gasteiger partial charge in [0.25, 0.3) is 0 Å². The van der Waals surface area contributed by atoms with Gasteiger partial charge in [-0.05, 0) is 51.0 Å². The fraction of sp³-hybridized carbons (Fsp3) is 0.500. The van der Waals surface area contributed by atoms with E-state index >= 15 is 0 Å². The van der Waals surface area contributed by atoms with E-state index in [-0.39, 0.29) is 18.1 Å². The first-order valence-electron chi connectivity index (χ1n) is 6.60. The van der Waals surface area contributed by atoms with Crippen LogP contribution in [0.4, 0.5) is 11.4 Å². The van der Waals surface area contributed by atoms with Crippen molar-refractivity contribution in [3.8, 4) is 0 Å². The number of nitrogen functional groups attached to an aromatic ring is 1. The largest absolute Gasteiger partial charge is 0.399 e. The molecule has 0 bridgehead atoms. The summed E-state index contributed by atoms with van der Waals surface area (Å²) in [7, 11) is -3.08. The maximum Gasteiger partial charge on any atom is 0.224 e. The fourth-order valence-corrected chi connectivity index (χ4v) is 2.73. The number of hydrogen-bond acceptors (Lipinski definition) is 4. The van der Waals surface area contributed by atoms with Crippen LogP contribution < -0.4 is 11.1 Å². The van der Waals surface area contributed by atoms with E-state index in [9.17, 15) is 13.2 Å². The summed E-state index contributed by atoms with van der Waals surface area (Å²) in [5.74, 6) is -0.143. The van der Waals surface area contributed by atoms with Crippen molar-refractivity contribution < 1.29 is 13.2 Å². The van der Waals surface area contributed by atoms with Gasteiger partial charge in [0.2, 0.25) is 5.91 Å². The first-order valence-corrected chi connectivity index (χ1v) is 8.31. The Bertz CT molecular complexity index is 580. The summed E-state index contributed by atoms with van der Waals surface area (Å²) in [5.41, 5.74) is 7.86. The Hall–Kier alpha value is -1.56. The zero-order valence-electron chi connectivity index (χ0n) is 12.1. The number of anilines is 2. The molecule has 0 aliphatic carbocycles. The summed E-state index contributed by atoms with van der Waals surface area (Å²) in [6, 6.07) is 5.23. The molecule has 1 aromatic rings. The van der Waals surface area contributed by atoms with E-state index in [1.54, 1.807) is 32.0 Å². The van der Waals surface area contributed by atoms with Crippen LogP contribution in [0.15, 0.2) is 18.2 Å². The monoisotopic (exact) mass is 298 g/mol. The first-order chi connectivity index (χ1) is 9.22. The second-order valence-corrected chi connectivity index (χ2v) is 7.82. The number of nitrogens with two attached hydrogens (primary N) is 1. The van der Waals surface area contributed by atoms with E-state index in [0.717, 1.165) is 5.56 Å². The van der Waals surface area contributed by atoms with Crippen molar-refractivity contribution in [1.29, 1.82) is 0 Å². The predicted molar refractivity (Wildman–Crippen MR) is 82.4 cm³/mol. The number of sulfone groups is 1. The number of benzene rings is 1. The first kappa shape index (κ1) is 16.5. The third kappa shape index (κ3) is 4.85. The van der Waals surface area contributed by atoms with Crippen molar-refractivity contribution in [3.63, 3.8) is 0 Å². The number of nitrogens with one attached hydrogen (secondary N) is 1. The Morgan fingerprint density at radius 1 is 1.35 bits per heavy atom. The highest BCUT2D eigenvalue weighted by Gasteiger charge is 2.16. The maximum atomic E-state index is 11.8. The molecule has 0 saturated carbocycles. The Kier molecular flexibility index (Phi) is 5.56. The van der Waals surface area contributed by atoms with Crippen molar-refractivity contribution in [1.82, 2.24) is 0 Å². The molecule has 0 aliphatic rings. The lowest BCUT2D eigenvalue weighted by molar-refractivity contribution is -0.116. The number of hydrogen-bond donors (Lipinski definition) is 2. The summed E-state index contributed by atoms with van der Waals surface area (Å²) >= 11 is 0. The second-order valence-electron chi connectivity index (χ2n) is 5.14. The van der Waals surface area contributed by atoms with E-state index in [0.29, 0.717) is 17.8 Å². The van der Waals surface area contributed by atoms with Gasteiger partial charge in [-0.15, -0.1) is 0 Å². The van der Waals surface area contributed by atoms with Gasteiger partial charge in [-0.1, -0.05) is 0 Å². The smallest absolute Gasteiger partial charge is 0.224 e. The highest BCUT2D eigenvalue weighted by atomic mass is 32.2. The molecule has 1 rings (SSSR count). The molecule has 0 aliphatic heterocycles. The summed E-state index contributed by atoms with van der Waals surface area (Å²) < 4.78 is 23.2. The Balaban J connectivity index is 2.49. The van der Waals surface area contributed by atoms with Gasteiger partial charge in [-0.25, -0.2) is 8.42 Å². The average molecular weight is 298 g/mol. The van der Waals surface area contributed by atoms with Gasteiger partial charge in [0.05, 0.1) is 11.0 Å². The molecule has 5 nitrogen and oxygen atoms in total. The quantitative estimate of drug-likeness (QED) is 0.787. The lowest BCUT2D eigenvalue weighted by Gasteiger charge is -2.10. The third-order valence-electron chi connectivity index (χ3n) is 3.08. The number of carbonyl (C=O) groups excluding carboxylic acids is 1. The van der Waals surface area contributed by atoms with Crippen LogP contribution in [0.25, 0.3) is 0 Å². The molecular formula is C14H22N2O3S. The van der Waals surface area contributed by atoms with E-state index in [1.807, 2.05) is 6.92 Å². The van der Waals surface area contributed by atoms with Crippen molar-refractivity contribution in [2.24, 2.45) is 0 Å². The Labute approximate surface area is 120 Å². The normalized spacial score (nSPS) is 11.6. The summed E-state index contributed by atoms with van der Waals surface area (Å²) in [6.45, 7) is 5.15. The number of aryl methyl sites for hydroxylation is 1. The standard InChI is InChI=1S/C14H22N2O3S/c1-10(2)20(18,19)8-4-5-14(17)16-13-7-6-12(15)9-11(13)3/h6-7,9-10H,4-5,8,15H2,1-3H3,(H,16,17). The predicted octanol–water partition coefficient (Wildman–Crippen LogP) is 2.12. The van der Waals surface area contributed by atoms with Crippen molar-refractivity contribution >= 4 is 27.1 Å². The van der Waals surface area contributed by atoms with Crippen LogP contribution in [-0.2, 0) is 14.6 Å². The highest BCUT2D eigenvalue weighted by molar-refractivity contribution is 7.91. The summed E-state index contributed by atoms with van der Waals surface area (Å²) in [6.07, 6.45) is 0.524. The molecule has 112 valence electrons. The third-order valence-corrected chi connectivity index (χ3v) is 5.37. The van der Waals surface area contributed by atoms with Gasteiger partial charge in [0, 0.05) is 17.8 Å². The molecule has 1 amide bonds. The molecule has 0 spiro atoms. The van der Waals surface area contributed by atoms with Crippen molar-refractivity contribution in [3.05, 3.63) is 23.8 Å². The van der Waals surface area contributed by atoms with Gasteiger partial charge < -0.3 is 11.1 Å². The lowest BCUT2D eigenvalue weighted by atomic mass is 10.1. The lowest BCUT2D eigenvalue weighted by Crippen LogP contribution is -2.19. The van der Waals surface area contributed by atoms with E-state index in [4.69, 9.17) is 5.73 Å². The molecule has 1 aromatic carbocycles. The number of carbonyl (C=O) groups is 1. The van der Waals surface area contributed by atoms with Crippen LogP contribution in [0, 0.1) is 6.92 Å². The molecule has 0 radical (unpaired) electrons. The van der Waals surface area contributed by atoms with Crippen LogP contribution >= 0.6 is 0 Å². The molecule has 0 saturated heterocycles. The van der Waals surface area contributed by atoms with Crippen LogP contribution in [0.2, 0.25) is 0 Å². The highest BCUT2D eigenvalue weighted by Crippen LogP contribution is 2.18. The van der Waals surface area contributed by atoms with Crippen LogP contribution in [0.5, 0.6) is 0 Å². The van der Waals surface area contributed by atoms with Crippen molar-refractivity contribution in [2.75, 3.05) is 16.8 Å². The summed E-state index contributed by atoms with van der Waals surface area (Å²) in [5, 5.41) is 2.37. The number of amides is 1. The van der Waals surface area contributed by atoms with Gasteiger partial charge >= 0.3 is 0 Å². The zero-order chi connectivity index (χ0) is 15.3. The minimum Gasteiger partial charge on any atom is -0.399 e. The molecule has 0 heterocycles. The molecule has 3 N–H and O–H groups in total.